The molecule has 1 heterocycles. The maximum atomic E-state index is 5.40. The van der Waals surface area contributed by atoms with Crippen molar-refractivity contribution >= 4 is 11.8 Å². The van der Waals surface area contributed by atoms with Gasteiger partial charge in [-0.2, -0.15) is 11.8 Å². The van der Waals surface area contributed by atoms with E-state index in [2.05, 4.69) is 18.5 Å². The summed E-state index contributed by atoms with van der Waals surface area (Å²) in [6.45, 7) is 5.31. The summed E-state index contributed by atoms with van der Waals surface area (Å²) in [6.07, 6.45) is 5.90. The molecule has 1 aliphatic rings. The van der Waals surface area contributed by atoms with Crippen LogP contribution in [0.5, 0.6) is 0 Å². The molecule has 0 saturated carbocycles. The van der Waals surface area contributed by atoms with E-state index in [0.717, 1.165) is 25.7 Å². The predicted molar refractivity (Wildman–Crippen MR) is 64.0 cm³/mol. The molecule has 0 aromatic carbocycles. The average Bonchev–Trinajstić information content (AvgIpc) is 2.25. The number of thioether (sulfide) groups is 1. The Labute approximate surface area is 92.2 Å². The highest BCUT2D eigenvalue weighted by molar-refractivity contribution is 7.98. The van der Waals surface area contributed by atoms with E-state index in [0.29, 0.717) is 6.04 Å². The zero-order valence-electron chi connectivity index (χ0n) is 9.42. The molecule has 3 heteroatoms. The summed E-state index contributed by atoms with van der Waals surface area (Å²) >= 11 is 1.95. The fourth-order valence-electron chi connectivity index (χ4n) is 1.99. The topological polar surface area (TPSA) is 21.3 Å². The summed E-state index contributed by atoms with van der Waals surface area (Å²) in [5.41, 5.74) is 0. The summed E-state index contributed by atoms with van der Waals surface area (Å²) in [4.78, 5) is 0. The third-order valence-corrected chi connectivity index (χ3v) is 3.53. The Morgan fingerprint density at radius 1 is 1.43 bits per heavy atom. The lowest BCUT2D eigenvalue weighted by Gasteiger charge is -2.30. The molecule has 1 atom stereocenters. The molecule has 0 aromatic heterocycles. The minimum atomic E-state index is 0.703. The van der Waals surface area contributed by atoms with Crippen LogP contribution in [0.25, 0.3) is 0 Å². The lowest BCUT2D eigenvalue weighted by atomic mass is 9.93. The molecule has 1 N–H and O–H groups in total. The summed E-state index contributed by atoms with van der Waals surface area (Å²) in [7, 11) is 0. The molecule has 0 spiro atoms. The zero-order chi connectivity index (χ0) is 10.2. The maximum Gasteiger partial charge on any atom is 0.0469 e. The lowest BCUT2D eigenvalue weighted by molar-refractivity contribution is 0.0566. The van der Waals surface area contributed by atoms with E-state index >= 15 is 0 Å². The van der Waals surface area contributed by atoms with Gasteiger partial charge in [-0.3, -0.25) is 0 Å². The van der Waals surface area contributed by atoms with Crippen molar-refractivity contribution in [3.8, 4) is 0 Å². The first-order valence-corrected chi connectivity index (χ1v) is 7.08. The molecule has 1 unspecified atom stereocenters. The molecular formula is C11H23NOS. The van der Waals surface area contributed by atoms with E-state index in [1.54, 1.807) is 0 Å². The van der Waals surface area contributed by atoms with Crippen LogP contribution in [0.3, 0.4) is 0 Å². The first-order chi connectivity index (χ1) is 6.88. The highest BCUT2D eigenvalue weighted by atomic mass is 32.2. The van der Waals surface area contributed by atoms with Gasteiger partial charge in [0.15, 0.2) is 0 Å². The Morgan fingerprint density at radius 3 is 2.71 bits per heavy atom. The Hall–Kier alpha value is 0.270. The van der Waals surface area contributed by atoms with Crippen molar-refractivity contribution in [3.05, 3.63) is 0 Å². The van der Waals surface area contributed by atoms with Crippen molar-refractivity contribution in [1.29, 1.82) is 0 Å². The molecule has 0 aliphatic carbocycles. The summed E-state index contributed by atoms with van der Waals surface area (Å²) in [5, 5.41) is 3.66. The van der Waals surface area contributed by atoms with Gasteiger partial charge in [0.2, 0.25) is 0 Å². The Morgan fingerprint density at radius 2 is 2.14 bits per heavy atom. The van der Waals surface area contributed by atoms with Gasteiger partial charge in [0, 0.05) is 25.0 Å². The van der Waals surface area contributed by atoms with Crippen molar-refractivity contribution < 1.29 is 4.74 Å². The number of hydrogen-bond donors (Lipinski definition) is 1. The maximum absolute atomic E-state index is 5.40. The van der Waals surface area contributed by atoms with Gasteiger partial charge in [-0.15, -0.1) is 0 Å². The first kappa shape index (κ1) is 12.3. The molecule has 0 bridgehead atoms. The van der Waals surface area contributed by atoms with E-state index in [1.807, 2.05) is 11.8 Å². The third-order valence-electron chi connectivity index (χ3n) is 2.84. The van der Waals surface area contributed by atoms with Gasteiger partial charge >= 0.3 is 0 Å². The standard InChI is InChI=1S/C11H23NOS/c1-3-6-12-11(9-14-2)10-4-7-13-8-5-10/h10-12H,3-9H2,1-2H3. The highest BCUT2D eigenvalue weighted by Crippen LogP contribution is 2.20. The second-order valence-electron chi connectivity index (χ2n) is 3.97. The molecule has 1 fully saturated rings. The van der Waals surface area contributed by atoms with Crippen molar-refractivity contribution in [1.82, 2.24) is 5.32 Å². The molecule has 0 radical (unpaired) electrons. The van der Waals surface area contributed by atoms with Gasteiger partial charge in [0.05, 0.1) is 0 Å². The molecule has 1 aliphatic heterocycles. The molecule has 0 amide bonds. The second-order valence-corrected chi connectivity index (χ2v) is 4.88. The van der Waals surface area contributed by atoms with E-state index in [9.17, 15) is 0 Å². The van der Waals surface area contributed by atoms with Crippen LogP contribution >= 0.6 is 11.8 Å². The van der Waals surface area contributed by atoms with Gasteiger partial charge < -0.3 is 10.1 Å². The molecule has 1 rings (SSSR count). The van der Waals surface area contributed by atoms with Crippen LogP contribution in [-0.2, 0) is 4.74 Å². The number of ether oxygens (including phenoxy) is 1. The fraction of sp³-hybridized carbons (Fsp3) is 1.00. The smallest absolute Gasteiger partial charge is 0.0469 e. The summed E-state index contributed by atoms with van der Waals surface area (Å²) in [5.74, 6) is 2.08. The first-order valence-electron chi connectivity index (χ1n) is 5.68. The van der Waals surface area contributed by atoms with E-state index in [-0.39, 0.29) is 0 Å². The van der Waals surface area contributed by atoms with Crippen molar-refractivity contribution in [2.45, 2.75) is 32.2 Å². The van der Waals surface area contributed by atoms with Crippen molar-refractivity contribution in [2.24, 2.45) is 5.92 Å². The molecule has 2 nitrogen and oxygen atoms in total. The average molecular weight is 217 g/mol. The lowest BCUT2D eigenvalue weighted by Crippen LogP contribution is -2.41. The largest absolute Gasteiger partial charge is 0.381 e. The number of rotatable bonds is 6. The van der Waals surface area contributed by atoms with Crippen LogP contribution in [0.1, 0.15) is 26.2 Å². The van der Waals surface area contributed by atoms with E-state index in [1.165, 1.54) is 25.0 Å². The molecule has 84 valence electrons. The molecule has 14 heavy (non-hydrogen) atoms. The predicted octanol–water partition coefficient (Wildman–Crippen LogP) is 2.14. The van der Waals surface area contributed by atoms with Gasteiger partial charge in [-0.1, -0.05) is 6.92 Å². The Kier molecular flexibility index (Phi) is 6.65. The summed E-state index contributed by atoms with van der Waals surface area (Å²) in [6, 6.07) is 0.703. The van der Waals surface area contributed by atoms with Crippen LogP contribution in [0, 0.1) is 5.92 Å². The van der Waals surface area contributed by atoms with Crippen LogP contribution in [0.15, 0.2) is 0 Å². The normalized spacial score (nSPS) is 21.0. The van der Waals surface area contributed by atoms with Crippen LogP contribution in [0.2, 0.25) is 0 Å². The SMILES string of the molecule is CCCNC(CSC)C1CCOCC1. The van der Waals surface area contributed by atoms with Crippen LogP contribution in [0.4, 0.5) is 0 Å². The van der Waals surface area contributed by atoms with Gasteiger partial charge in [-0.25, -0.2) is 0 Å². The fourth-order valence-corrected chi connectivity index (χ4v) is 2.74. The van der Waals surface area contributed by atoms with Crippen molar-refractivity contribution in [3.63, 3.8) is 0 Å². The van der Waals surface area contributed by atoms with Gasteiger partial charge in [0.25, 0.3) is 0 Å². The molecule has 1 saturated heterocycles. The highest BCUT2D eigenvalue weighted by Gasteiger charge is 2.22. The van der Waals surface area contributed by atoms with Gasteiger partial charge in [-0.05, 0) is 38.0 Å². The minimum Gasteiger partial charge on any atom is -0.381 e. The number of nitrogens with one attached hydrogen (secondary N) is 1. The van der Waals surface area contributed by atoms with Crippen LogP contribution < -0.4 is 5.32 Å². The molecular weight excluding hydrogens is 194 g/mol. The van der Waals surface area contributed by atoms with E-state index < -0.39 is 0 Å². The Balaban J connectivity index is 2.30. The molecule has 0 aromatic rings. The van der Waals surface area contributed by atoms with Crippen molar-refractivity contribution in [2.75, 3.05) is 31.8 Å². The number of hydrogen-bond acceptors (Lipinski definition) is 3. The summed E-state index contributed by atoms with van der Waals surface area (Å²) < 4.78 is 5.40. The van der Waals surface area contributed by atoms with E-state index in [4.69, 9.17) is 4.74 Å². The minimum absolute atomic E-state index is 0.703. The third kappa shape index (κ3) is 4.20. The van der Waals surface area contributed by atoms with Crippen LogP contribution in [-0.4, -0.2) is 37.8 Å². The quantitative estimate of drug-likeness (QED) is 0.736. The second kappa shape index (κ2) is 7.55. The monoisotopic (exact) mass is 217 g/mol. The van der Waals surface area contributed by atoms with Gasteiger partial charge in [0.1, 0.15) is 0 Å². The zero-order valence-corrected chi connectivity index (χ0v) is 10.2. The Bertz CT molecular complexity index is 137.